The van der Waals surface area contributed by atoms with Gasteiger partial charge in [0.25, 0.3) is 11.5 Å². The first-order chi connectivity index (χ1) is 18.7. The van der Waals surface area contributed by atoms with Crippen LogP contribution in [0, 0.1) is 5.92 Å². The molecule has 3 heterocycles. The minimum atomic E-state index is -0.897. The minimum absolute atomic E-state index is 0.153. The molecule has 9 nitrogen and oxygen atoms in total. The molecule has 0 N–H and O–H groups in total. The van der Waals surface area contributed by atoms with Crippen molar-refractivity contribution in [3.05, 3.63) is 90.1 Å². The zero-order valence-electron chi connectivity index (χ0n) is 21.7. The maximum atomic E-state index is 13.9. The van der Waals surface area contributed by atoms with E-state index in [1.165, 1.54) is 16.7 Å². The number of benzene rings is 2. The lowest BCUT2D eigenvalue weighted by Crippen LogP contribution is -2.40. The number of carbonyl (C=O) groups excluding carboxylic acids is 2. The summed E-state index contributed by atoms with van der Waals surface area (Å²) in [7, 11) is 1.50. The minimum Gasteiger partial charge on any atom is -0.496 e. The number of nitrogens with zero attached hydrogens (tertiary/aromatic N) is 4. The second kappa shape index (κ2) is 10.6. The number of hydrazone groups is 1. The lowest BCUT2D eigenvalue weighted by atomic mass is 9.95. The molecular formula is C28H25ClN4O5S. The highest BCUT2D eigenvalue weighted by atomic mass is 35.5. The maximum absolute atomic E-state index is 13.9. The summed E-state index contributed by atoms with van der Waals surface area (Å²) < 4.78 is 12.7. The van der Waals surface area contributed by atoms with Crippen molar-refractivity contribution in [2.45, 2.75) is 26.8 Å². The number of anilines is 1. The summed E-state index contributed by atoms with van der Waals surface area (Å²) in [6.45, 7) is 5.31. The molecule has 0 fully saturated rings. The Kier molecular flexibility index (Phi) is 7.24. The largest absolute Gasteiger partial charge is 0.496 e. The van der Waals surface area contributed by atoms with Crippen LogP contribution in [0.4, 0.5) is 5.69 Å². The van der Waals surface area contributed by atoms with Gasteiger partial charge in [-0.15, -0.1) is 0 Å². The van der Waals surface area contributed by atoms with Crippen LogP contribution >= 0.6 is 22.9 Å². The molecule has 1 amide bonds. The number of esters is 1. The fourth-order valence-electron chi connectivity index (χ4n) is 4.70. The monoisotopic (exact) mass is 564 g/mol. The quantitative estimate of drug-likeness (QED) is 0.427. The Hall–Kier alpha value is -4.02. The summed E-state index contributed by atoms with van der Waals surface area (Å²) in [6, 6.07) is 13.2. The Morgan fingerprint density at radius 1 is 1.15 bits per heavy atom. The molecule has 0 unspecified atom stereocenters. The number of rotatable bonds is 6. The van der Waals surface area contributed by atoms with E-state index in [-0.39, 0.29) is 18.1 Å². The van der Waals surface area contributed by atoms with Gasteiger partial charge < -0.3 is 9.47 Å². The van der Waals surface area contributed by atoms with Gasteiger partial charge in [0, 0.05) is 10.6 Å². The van der Waals surface area contributed by atoms with E-state index in [4.69, 9.17) is 21.1 Å². The van der Waals surface area contributed by atoms with Crippen molar-refractivity contribution in [3.63, 3.8) is 0 Å². The summed E-state index contributed by atoms with van der Waals surface area (Å²) >= 11 is 7.48. The number of hydrogen-bond acceptors (Lipinski definition) is 8. The van der Waals surface area contributed by atoms with Crippen molar-refractivity contribution in [3.8, 4) is 5.75 Å². The van der Waals surface area contributed by atoms with Crippen LogP contribution in [-0.2, 0) is 14.3 Å². The molecular weight excluding hydrogens is 540 g/mol. The number of fused-ring (bicyclic) bond motifs is 1. The molecule has 11 heteroatoms. The van der Waals surface area contributed by atoms with Crippen LogP contribution in [0.25, 0.3) is 6.08 Å². The first-order valence-electron chi connectivity index (χ1n) is 12.2. The van der Waals surface area contributed by atoms with Crippen molar-refractivity contribution in [2.24, 2.45) is 16.0 Å². The second-order valence-corrected chi connectivity index (χ2v) is 10.4. The molecule has 0 bridgehead atoms. The smallest absolute Gasteiger partial charge is 0.338 e. The zero-order valence-corrected chi connectivity index (χ0v) is 23.2. The molecule has 3 aromatic rings. The Balaban J connectivity index is 1.67. The number of para-hydroxylation sites is 1. The molecule has 2 aliphatic heterocycles. The summed E-state index contributed by atoms with van der Waals surface area (Å²) in [6.07, 6.45) is 1.61. The third-order valence-corrected chi connectivity index (χ3v) is 7.74. The van der Waals surface area contributed by atoms with E-state index in [1.807, 2.05) is 18.2 Å². The molecule has 0 spiro atoms. The molecule has 5 rings (SSSR count). The van der Waals surface area contributed by atoms with Crippen molar-refractivity contribution in [1.29, 1.82) is 0 Å². The van der Waals surface area contributed by atoms with Gasteiger partial charge in [0.2, 0.25) is 0 Å². The lowest BCUT2D eigenvalue weighted by molar-refractivity contribution is -0.139. The van der Waals surface area contributed by atoms with Crippen LogP contribution in [-0.4, -0.2) is 35.9 Å². The van der Waals surface area contributed by atoms with Crippen LogP contribution in [0.2, 0.25) is 5.02 Å². The summed E-state index contributed by atoms with van der Waals surface area (Å²) in [5, 5.41) is 6.19. The van der Waals surface area contributed by atoms with Crippen LogP contribution in [0.5, 0.6) is 5.75 Å². The predicted octanol–water partition coefficient (Wildman–Crippen LogP) is 3.45. The average molecular weight is 565 g/mol. The fraction of sp³-hybridized carbons (Fsp3) is 0.250. The van der Waals surface area contributed by atoms with Crippen LogP contribution in [0.15, 0.2) is 74.7 Å². The van der Waals surface area contributed by atoms with E-state index < -0.39 is 23.5 Å². The van der Waals surface area contributed by atoms with Gasteiger partial charge in [-0.05, 0) is 57.2 Å². The summed E-state index contributed by atoms with van der Waals surface area (Å²) in [5.41, 5.74) is 1.94. The van der Waals surface area contributed by atoms with Gasteiger partial charge in [0.1, 0.15) is 17.7 Å². The molecule has 0 aliphatic carbocycles. The number of thiazole rings is 1. The zero-order chi connectivity index (χ0) is 27.8. The highest BCUT2D eigenvalue weighted by molar-refractivity contribution is 7.07. The van der Waals surface area contributed by atoms with Crippen molar-refractivity contribution in [1.82, 2.24) is 4.57 Å². The number of amides is 1. The van der Waals surface area contributed by atoms with Gasteiger partial charge in [-0.2, -0.15) is 10.1 Å². The number of aromatic nitrogens is 1. The number of allylic oxidation sites excluding steroid dienone is 1. The van der Waals surface area contributed by atoms with Crippen LogP contribution < -0.4 is 24.6 Å². The molecule has 200 valence electrons. The maximum Gasteiger partial charge on any atom is 0.338 e. The van der Waals surface area contributed by atoms with Crippen LogP contribution in [0.3, 0.4) is 0 Å². The van der Waals surface area contributed by atoms with Gasteiger partial charge in [0.05, 0.1) is 40.9 Å². The Labute approximate surface area is 233 Å². The molecule has 0 saturated carbocycles. The first-order valence-corrected chi connectivity index (χ1v) is 13.4. The molecule has 0 radical (unpaired) electrons. The first kappa shape index (κ1) is 26.6. The highest BCUT2D eigenvalue weighted by Crippen LogP contribution is 2.37. The number of halogens is 1. The molecule has 1 aromatic heterocycles. The van der Waals surface area contributed by atoms with E-state index in [9.17, 15) is 14.4 Å². The Morgan fingerprint density at radius 2 is 1.90 bits per heavy atom. The number of carbonyl (C=O) groups is 2. The molecule has 2 aromatic carbocycles. The summed E-state index contributed by atoms with van der Waals surface area (Å²) in [4.78, 5) is 45.3. The molecule has 39 heavy (non-hydrogen) atoms. The van der Waals surface area contributed by atoms with Crippen LogP contribution in [0.1, 0.15) is 32.4 Å². The SMILES string of the molecule is CCOC(=O)C1=C(C)N=c2s/c(=C\[C@@H]3C(=O)N(c4ccccc4)N=C3C)c(=O)n2[C@H]1c1cc(Cl)ccc1OC. The van der Waals surface area contributed by atoms with Crippen molar-refractivity contribution >= 4 is 52.3 Å². The van der Waals surface area contributed by atoms with E-state index in [2.05, 4.69) is 10.1 Å². The standard InChI is InChI=1S/C28H25ClN4O5S/c1-5-38-27(36)23-16(3)30-28-32(24(23)20-13-17(29)11-12-21(20)37-4)26(35)22(39-28)14-19-15(2)31-33(25(19)34)18-9-7-6-8-10-18/h6-14,19,24H,5H2,1-4H3/b22-14-/t19-,24-/m0/s1. The van der Waals surface area contributed by atoms with Gasteiger partial charge >= 0.3 is 5.97 Å². The highest BCUT2D eigenvalue weighted by Gasteiger charge is 2.37. The summed E-state index contributed by atoms with van der Waals surface area (Å²) in [5.74, 6) is -1.13. The third-order valence-electron chi connectivity index (χ3n) is 6.50. The third kappa shape index (κ3) is 4.70. The van der Waals surface area contributed by atoms with E-state index >= 15 is 0 Å². The second-order valence-electron chi connectivity index (χ2n) is 8.92. The van der Waals surface area contributed by atoms with Gasteiger partial charge in [-0.25, -0.2) is 9.79 Å². The Morgan fingerprint density at radius 3 is 2.59 bits per heavy atom. The normalized spacial score (nSPS) is 19.1. The average Bonchev–Trinajstić information content (AvgIpc) is 3.38. The number of hydrogen-bond donors (Lipinski definition) is 0. The Bertz CT molecular complexity index is 1720. The van der Waals surface area contributed by atoms with Gasteiger partial charge in [-0.3, -0.25) is 14.2 Å². The van der Waals surface area contributed by atoms with E-state index in [0.717, 1.165) is 11.3 Å². The fourth-order valence-corrected chi connectivity index (χ4v) is 5.93. The number of methoxy groups -OCH3 is 1. The van der Waals surface area contributed by atoms with Gasteiger partial charge in [0.15, 0.2) is 4.80 Å². The number of ether oxygens (including phenoxy) is 2. The lowest BCUT2D eigenvalue weighted by Gasteiger charge is -2.26. The predicted molar refractivity (Wildman–Crippen MR) is 150 cm³/mol. The van der Waals surface area contributed by atoms with E-state index in [0.29, 0.717) is 42.8 Å². The molecule has 2 atom stereocenters. The van der Waals surface area contributed by atoms with Crippen molar-refractivity contribution in [2.75, 3.05) is 18.7 Å². The molecule has 0 saturated heterocycles. The molecule has 2 aliphatic rings. The topological polar surface area (TPSA) is 103 Å². The van der Waals surface area contributed by atoms with E-state index in [1.54, 1.807) is 57.2 Å². The van der Waals surface area contributed by atoms with Crippen molar-refractivity contribution < 1.29 is 19.1 Å². The van der Waals surface area contributed by atoms with Gasteiger partial charge in [-0.1, -0.05) is 41.1 Å².